The molecule has 0 amide bonds. The summed E-state index contributed by atoms with van der Waals surface area (Å²) in [4.78, 5) is 1.03. The molecule has 1 heterocycles. The summed E-state index contributed by atoms with van der Waals surface area (Å²) in [5.74, 6) is 6.30. The molecule has 20 heavy (non-hydrogen) atoms. The van der Waals surface area contributed by atoms with Crippen molar-refractivity contribution in [3.63, 3.8) is 0 Å². The minimum atomic E-state index is -0.142. The molecule has 2 rings (SSSR count). The van der Waals surface area contributed by atoms with Gasteiger partial charge in [-0.1, -0.05) is 24.0 Å². The highest BCUT2D eigenvalue weighted by Crippen LogP contribution is 2.20. The predicted molar refractivity (Wildman–Crippen MR) is 78.4 cm³/mol. The van der Waals surface area contributed by atoms with Gasteiger partial charge in [0.15, 0.2) is 0 Å². The first-order chi connectivity index (χ1) is 9.83. The molecule has 2 aromatic rings. The molecule has 0 unspecified atom stereocenters. The van der Waals surface area contributed by atoms with Crippen LogP contribution in [0.2, 0.25) is 0 Å². The van der Waals surface area contributed by atoms with E-state index in [0.717, 1.165) is 21.8 Å². The van der Waals surface area contributed by atoms with Crippen molar-refractivity contribution in [1.29, 1.82) is 5.26 Å². The van der Waals surface area contributed by atoms with Crippen LogP contribution in [0.25, 0.3) is 0 Å². The van der Waals surface area contributed by atoms with Gasteiger partial charge in [-0.05, 0) is 29.1 Å². The van der Waals surface area contributed by atoms with Crippen molar-refractivity contribution in [3.05, 3.63) is 51.7 Å². The lowest BCUT2D eigenvalue weighted by molar-refractivity contribution is 0.309. The number of rotatable bonds is 4. The minimum Gasteiger partial charge on any atom is -0.488 e. The standard InChI is InChI=1S/C16H13NO2S/c17-9-7-13-3-5-15(6-4-13)19-12-16-14(2-1-10-18)8-11-20-16/h3-6,8,11,18H,7,10,12H2. The summed E-state index contributed by atoms with van der Waals surface area (Å²) in [6.07, 6.45) is 0.409. The molecule has 1 N–H and O–H groups in total. The molecule has 0 aliphatic heterocycles. The van der Waals surface area contributed by atoms with Gasteiger partial charge in [0.05, 0.1) is 17.4 Å². The van der Waals surface area contributed by atoms with Crippen molar-refractivity contribution in [3.8, 4) is 23.7 Å². The Hall–Kier alpha value is -2.27. The lowest BCUT2D eigenvalue weighted by Crippen LogP contribution is -1.95. The van der Waals surface area contributed by atoms with Crippen molar-refractivity contribution in [2.45, 2.75) is 13.0 Å². The Bertz CT molecular complexity index is 656. The van der Waals surface area contributed by atoms with Crippen LogP contribution in [-0.2, 0) is 13.0 Å². The van der Waals surface area contributed by atoms with Crippen molar-refractivity contribution in [2.24, 2.45) is 0 Å². The van der Waals surface area contributed by atoms with Crippen LogP contribution in [-0.4, -0.2) is 11.7 Å². The Kier molecular flexibility index (Phi) is 5.20. The summed E-state index contributed by atoms with van der Waals surface area (Å²) in [7, 11) is 0. The van der Waals surface area contributed by atoms with Crippen LogP contribution < -0.4 is 4.74 Å². The maximum absolute atomic E-state index is 8.71. The average Bonchev–Trinajstić information content (AvgIpc) is 2.92. The van der Waals surface area contributed by atoms with Crippen molar-refractivity contribution in [1.82, 2.24) is 0 Å². The van der Waals surface area contributed by atoms with E-state index in [-0.39, 0.29) is 6.61 Å². The third-order valence-corrected chi connectivity index (χ3v) is 3.52. The molecule has 3 nitrogen and oxygen atoms in total. The van der Waals surface area contributed by atoms with Gasteiger partial charge in [-0.3, -0.25) is 0 Å². The fourth-order valence-electron chi connectivity index (χ4n) is 1.64. The number of ether oxygens (including phenoxy) is 1. The van der Waals surface area contributed by atoms with Crippen molar-refractivity contribution >= 4 is 11.3 Å². The van der Waals surface area contributed by atoms with E-state index in [0.29, 0.717) is 13.0 Å². The van der Waals surface area contributed by atoms with E-state index in [1.54, 1.807) is 11.3 Å². The van der Waals surface area contributed by atoms with Crippen LogP contribution in [0.15, 0.2) is 35.7 Å². The van der Waals surface area contributed by atoms with Crippen molar-refractivity contribution < 1.29 is 9.84 Å². The maximum atomic E-state index is 8.71. The summed E-state index contributed by atoms with van der Waals surface area (Å²) in [5, 5.41) is 19.3. The molecular formula is C16H13NO2S. The van der Waals surface area contributed by atoms with Gasteiger partial charge in [0, 0.05) is 5.56 Å². The molecule has 0 atom stereocenters. The molecule has 0 saturated carbocycles. The summed E-state index contributed by atoms with van der Waals surface area (Å²) < 4.78 is 5.70. The third-order valence-electron chi connectivity index (χ3n) is 2.62. The smallest absolute Gasteiger partial charge is 0.124 e. The quantitative estimate of drug-likeness (QED) is 0.878. The van der Waals surface area contributed by atoms with Crippen LogP contribution in [0, 0.1) is 23.2 Å². The van der Waals surface area contributed by atoms with Gasteiger partial charge in [-0.2, -0.15) is 5.26 Å². The van der Waals surface area contributed by atoms with Gasteiger partial charge in [0.25, 0.3) is 0 Å². The van der Waals surface area contributed by atoms with Crippen LogP contribution in [0.5, 0.6) is 5.75 Å². The number of hydrogen-bond acceptors (Lipinski definition) is 4. The molecule has 4 heteroatoms. The largest absolute Gasteiger partial charge is 0.488 e. The first-order valence-corrected chi connectivity index (χ1v) is 6.96. The van der Waals surface area contributed by atoms with Crippen LogP contribution >= 0.6 is 11.3 Å². The van der Waals surface area contributed by atoms with E-state index in [1.807, 2.05) is 35.7 Å². The molecule has 0 aliphatic carbocycles. The minimum absolute atomic E-state index is 0.142. The molecule has 100 valence electrons. The first kappa shape index (κ1) is 14.1. The molecule has 0 bridgehead atoms. The lowest BCUT2D eigenvalue weighted by atomic mass is 10.2. The highest BCUT2D eigenvalue weighted by molar-refractivity contribution is 7.10. The topological polar surface area (TPSA) is 53.2 Å². The van der Waals surface area contributed by atoms with Gasteiger partial charge in [0.2, 0.25) is 0 Å². The Morgan fingerprint density at radius 3 is 2.70 bits per heavy atom. The zero-order valence-electron chi connectivity index (χ0n) is 10.8. The number of aliphatic hydroxyl groups excluding tert-OH is 1. The number of nitriles is 1. The zero-order valence-corrected chi connectivity index (χ0v) is 11.6. The van der Waals surface area contributed by atoms with Gasteiger partial charge in [-0.15, -0.1) is 11.3 Å². The lowest BCUT2D eigenvalue weighted by Gasteiger charge is -2.05. The number of thiophene rings is 1. The average molecular weight is 283 g/mol. The van der Waals surface area contributed by atoms with Crippen LogP contribution in [0.3, 0.4) is 0 Å². The molecule has 0 spiro atoms. The summed E-state index contributed by atoms with van der Waals surface area (Å²) in [6.45, 7) is 0.307. The summed E-state index contributed by atoms with van der Waals surface area (Å²) in [6, 6.07) is 11.5. The number of hydrogen-bond donors (Lipinski definition) is 1. The third kappa shape index (κ3) is 3.86. The molecule has 0 aliphatic rings. The number of benzene rings is 1. The van der Waals surface area contributed by atoms with E-state index in [2.05, 4.69) is 17.9 Å². The normalized spacial score (nSPS) is 9.40. The Labute approximate surface area is 122 Å². The molecular weight excluding hydrogens is 270 g/mol. The van der Waals surface area contributed by atoms with E-state index < -0.39 is 0 Å². The second-order valence-corrected chi connectivity index (χ2v) is 4.99. The van der Waals surface area contributed by atoms with Crippen molar-refractivity contribution in [2.75, 3.05) is 6.61 Å². The molecule has 0 fully saturated rings. The second kappa shape index (κ2) is 7.35. The van der Waals surface area contributed by atoms with E-state index in [1.165, 1.54) is 0 Å². The monoisotopic (exact) mass is 283 g/mol. The fourth-order valence-corrected chi connectivity index (χ4v) is 2.38. The van der Waals surface area contributed by atoms with E-state index in [4.69, 9.17) is 15.1 Å². The summed E-state index contributed by atoms with van der Waals surface area (Å²) in [5.41, 5.74) is 1.87. The summed E-state index contributed by atoms with van der Waals surface area (Å²) >= 11 is 1.58. The molecule has 1 aromatic heterocycles. The van der Waals surface area contributed by atoms with Gasteiger partial charge in [0.1, 0.15) is 19.0 Å². The van der Waals surface area contributed by atoms with E-state index >= 15 is 0 Å². The Morgan fingerprint density at radius 1 is 1.20 bits per heavy atom. The van der Waals surface area contributed by atoms with Gasteiger partial charge >= 0.3 is 0 Å². The van der Waals surface area contributed by atoms with Gasteiger partial charge in [-0.25, -0.2) is 0 Å². The highest BCUT2D eigenvalue weighted by Gasteiger charge is 2.03. The van der Waals surface area contributed by atoms with Gasteiger partial charge < -0.3 is 9.84 Å². The zero-order chi connectivity index (χ0) is 14.2. The number of nitrogens with zero attached hydrogens (tertiary/aromatic N) is 1. The first-order valence-electron chi connectivity index (χ1n) is 6.08. The number of aliphatic hydroxyl groups is 1. The van der Waals surface area contributed by atoms with Crippen LogP contribution in [0.1, 0.15) is 16.0 Å². The molecule has 0 saturated heterocycles. The van der Waals surface area contributed by atoms with E-state index in [9.17, 15) is 0 Å². The second-order valence-electron chi connectivity index (χ2n) is 3.98. The fraction of sp³-hybridized carbons (Fsp3) is 0.188. The Balaban J connectivity index is 1.98. The predicted octanol–water partition coefficient (Wildman–Crippen LogP) is 2.74. The van der Waals surface area contributed by atoms with Crippen LogP contribution in [0.4, 0.5) is 0 Å². The molecule has 1 aromatic carbocycles. The SMILES string of the molecule is N#CCc1ccc(OCc2sccc2C#CCO)cc1. The molecule has 0 radical (unpaired) electrons. The highest BCUT2D eigenvalue weighted by atomic mass is 32.1. The Morgan fingerprint density at radius 2 is 2.00 bits per heavy atom. The maximum Gasteiger partial charge on any atom is 0.124 e.